The van der Waals surface area contributed by atoms with Crippen molar-refractivity contribution >= 4 is 34.6 Å². The predicted molar refractivity (Wildman–Crippen MR) is 114 cm³/mol. The third kappa shape index (κ3) is 5.05. The van der Waals surface area contributed by atoms with Gasteiger partial charge in [0.25, 0.3) is 11.6 Å². The van der Waals surface area contributed by atoms with Crippen molar-refractivity contribution in [2.75, 3.05) is 29.0 Å². The minimum Gasteiger partial charge on any atom is -0.449 e. The van der Waals surface area contributed by atoms with Gasteiger partial charge in [-0.25, -0.2) is 4.79 Å². The molecular formula is C21H24N4O5. The molecule has 9 nitrogen and oxygen atoms in total. The Bertz CT molecular complexity index is 939. The van der Waals surface area contributed by atoms with Crippen LogP contribution in [0.1, 0.15) is 36.5 Å². The molecule has 2 aromatic rings. The van der Waals surface area contributed by atoms with Crippen LogP contribution in [0.25, 0.3) is 0 Å². The van der Waals surface area contributed by atoms with E-state index in [2.05, 4.69) is 10.2 Å². The average molecular weight is 412 g/mol. The Balaban J connectivity index is 1.58. The summed E-state index contributed by atoms with van der Waals surface area (Å²) >= 11 is 0. The summed E-state index contributed by atoms with van der Waals surface area (Å²) in [4.78, 5) is 37.2. The highest BCUT2D eigenvalue weighted by molar-refractivity contribution is 5.97. The van der Waals surface area contributed by atoms with E-state index in [0.717, 1.165) is 24.8 Å². The lowest BCUT2D eigenvalue weighted by molar-refractivity contribution is -0.383. The molecule has 0 saturated carbocycles. The Morgan fingerprint density at radius 3 is 2.43 bits per heavy atom. The second-order valence-electron chi connectivity index (χ2n) is 7.16. The van der Waals surface area contributed by atoms with Crippen molar-refractivity contribution in [3.63, 3.8) is 0 Å². The van der Waals surface area contributed by atoms with E-state index in [0.29, 0.717) is 5.69 Å². The normalized spacial score (nSPS) is 14.6. The average Bonchev–Trinajstić information content (AvgIpc) is 2.74. The molecule has 0 aliphatic carbocycles. The summed E-state index contributed by atoms with van der Waals surface area (Å²) in [6.45, 7) is 3.49. The topological polar surface area (TPSA) is 128 Å². The number of benzene rings is 2. The summed E-state index contributed by atoms with van der Waals surface area (Å²) in [6, 6.07) is 11.1. The summed E-state index contributed by atoms with van der Waals surface area (Å²) in [6.07, 6.45) is 2.53. The quantitative estimate of drug-likeness (QED) is 0.322. The summed E-state index contributed by atoms with van der Waals surface area (Å²) in [5.41, 5.74) is 6.71. The molecule has 3 rings (SSSR count). The van der Waals surface area contributed by atoms with Gasteiger partial charge in [0.1, 0.15) is 5.69 Å². The van der Waals surface area contributed by atoms with Crippen LogP contribution < -0.4 is 16.0 Å². The molecule has 1 heterocycles. The SMILES string of the molecule is C[C@@H](OC(=O)c1ccc(N)c([N+](=O)[O-])c1)C(=O)Nc1ccc(N2CCCCC2)cc1. The van der Waals surface area contributed by atoms with Crippen molar-refractivity contribution in [2.24, 2.45) is 0 Å². The van der Waals surface area contributed by atoms with Gasteiger partial charge in [0, 0.05) is 30.5 Å². The summed E-state index contributed by atoms with van der Waals surface area (Å²) in [5.74, 6) is -1.35. The Kier molecular flexibility index (Phi) is 6.51. The molecule has 2 aromatic carbocycles. The number of anilines is 3. The van der Waals surface area contributed by atoms with Crippen LogP contribution in [0.2, 0.25) is 0 Å². The predicted octanol–water partition coefficient (Wildman–Crippen LogP) is 3.35. The number of ether oxygens (including phenoxy) is 1. The van der Waals surface area contributed by atoms with Gasteiger partial charge >= 0.3 is 5.97 Å². The van der Waals surface area contributed by atoms with E-state index in [4.69, 9.17) is 10.5 Å². The fourth-order valence-electron chi connectivity index (χ4n) is 3.26. The highest BCUT2D eigenvalue weighted by Gasteiger charge is 2.22. The Morgan fingerprint density at radius 1 is 1.13 bits per heavy atom. The maximum Gasteiger partial charge on any atom is 0.339 e. The van der Waals surface area contributed by atoms with Crippen molar-refractivity contribution < 1.29 is 19.2 Å². The number of carbonyl (C=O) groups excluding carboxylic acids is 2. The largest absolute Gasteiger partial charge is 0.449 e. The van der Waals surface area contributed by atoms with Crippen LogP contribution in [0.5, 0.6) is 0 Å². The first-order chi connectivity index (χ1) is 14.3. The number of esters is 1. The number of nitro groups is 1. The maximum absolute atomic E-state index is 12.4. The molecule has 1 saturated heterocycles. The van der Waals surface area contributed by atoms with Crippen LogP contribution in [-0.2, 0) is 9.53 Å². The molecule has 30 heavy (non-hydrogen) atoms. The fourth-order valence-corrected chi connectivity index (χ4v) is 3.26. The van der Waals surface area contributed by atoms with E-state index >= 15 is 0 Å². The fraction of sp³-hybridized carbons (Fsp3) is 0.333. The van der Waals surface area contributed by atoms with Gasteiger partial charge in [0.2, 0.25) is 0 Å². The Hall–Kier alpha value is -3.62. The number of nitrogens with zero attached hydrogens (tertiary/aromatic N) is 2. The van der Waals surface area contributed by atoms with Gasteiger partial charge in [-0.05, 0) is 62.6 Å². The lowest BCUT2D eigenvalue weighted by atomic mass is 10.1. The van der Waals surface area contributed by atoms with E-state index in [1.807, 2.05) is 12.1 Å². The maximum atomic E-state index is 12.4. The van der Waals surface area contributed by atoms with Gasteiger partial charge in [-0.15, -0.1) is 0 Å². The zero-order chi connectivity index (χ0) is 21.7. The summed E-state index contributed by atoms with van der Waals surface area (Å²) in [5, 5.41) is 13.7. The smallest absolute Gasteiger partial charge is 0.339 e. The highest BCUT2D eigenvalue weighted by Crippen LogP contribution is 2.24. The third-order valence-electron chi connectivity index (χ3n) is 4.97. The number of hydrogen-bond donors (Lipinski definition) is 2. The van der Waals surface area contributed by atoms with Crippen LogP contribution in [0.15, 0.2) is 42.5 Å². The molecular weight excluding hydrogens is 388 g/mol. The van der Waals surface area contributed by atoms with Gasteiger partial charge in [-0.2, -0.15) is 0 Å². The Morgan fingerprint density at radius 2 is 1.80 bits per heavy atom. The van der Waals surface area contributed by atoms with Crippen LogP contribution in [0, 0.1) is 10.1 Å². The number of nitrogens with one attached hydrogen (secondary N) is 1. The number of piperidine rings is 1. The van der Waals surface area contributed by atoms with Gasteiger partial charge in [0.15, 0.2) is 6.10 Å². The molecule has 1 aliphatic heterocycles. The summed E-state index contributed by atoms with van der Waals surface area (Å²) in [7, 11) is 0. The van der Waals surface area contributed by atoms with Crippen molar-refractivity contribution in [2.45, 2.75) is 32.3 Å². The van der Waals surface area contributed by atoms with Crippen LogP contribution in [0.3, 0.4) is 0 Å². The molecule has 3 N–H and O–H groups in total. The molecule has 0 radical (unpaired) electrons. The van der Waals surface area contributed by atoms with E-state index in [-0.39, 0.29) is 11.3 Å². The number of nitro benzene ring substituents is 1. The zero-order valence-corrected chi connectivity index (χ0v) is 16.7. The molecule has 0 aromatic heterocycles. The first-order valence-electron chi connectivity index (χ1n) is 9.76. The Labute approximate surface area is 174 Å². The van der Waals surface area contributed by atoms with E-state index < -0.39 is 28.6 Å². The second kappa shape index (κ2) is 9.25. The molecule has 0 bridgehead atoms. The molecule has 1 fully saturated rings. The third-order valence-corrected chi connectivity index (χ3v) is 4.97. The van der Waals surface area contributed by atoms with Gasteiger partial charge in [0.05, 0.1) is 10.5 Å². The molecule has 0 unspecified atom stereocenters. The van der Waals surface area contributed by atoms with Crippen molar-refractivity contribution in [3.05, 3.63) is 58.1 Å². The van der Waals surface area contributed by atoms with E-state index in [9.17, 15) is 19.7 Å². The minimum absolute atomic E-state index is 0.0542. The first kappa shape index (κ1) is 21.1. The first-order valence-corrected chi connectivity index (χ1v) is 9.76. The van der Waals surface area contributed by atoms with Crippen LogP contribution in [-0.4, -0.2) is 36.0 Å². The van der Waals surface area contributed by atoms with Gasteiger partial charge in [-0.1, -0.05) is 0 Å². The lowest BCUT2D eigenvalue weighted by Crippen LogP contribution is -2.30. The van der Waals surface area contributed by atoms with Crippen LogP contribution in [0.4, 0.5) is 22.7 Å². The van der Waals surface area contributed by atoms with E-state index in [1.54, 1.807) is 12.1 Å². The van der Waals surface area contributed by atoms with Crippen molar-refractivity contribution in [1.29, 1.82) is 0 Å². The zero-order valence-electron chi connectivity index (χ0n) is 16.7. The van der Waals surface area contributed by atoms with Crippen molar-refractivity contribution in [1.82, 2.24) is 0 Å². The molecule has 1 aliphatic rings. The van der Waals surface area contributed by atoms with E-state index in [1.165, 1.54) is 38.3 Å². The minimum atomic E-state index is -1.09. The number of hydrogen-bond acceptors (Lipinski definition) is 7. The number of nitrogens with two attached hydrogens (primary N) is 1. The van der Waals surface area contributed by atoms with Crippen molar-refractivity contribution in [3.8, 4) is 0 Å². The number of amides is 1. The lowest BCUT2D eigenvalue weighted by Gasteiger charge is -2.28. The second-order valence-corrected chi connectivity index (χ2v) is 7.16. The molecule has 9 heteroatoms. The number of nitrogen functional groups attached to an aromatic ring is 1. The molecule has 0 spiro atoms. The van der Waals surface area contributed by atoms with Gasteiger partial charge < -0.3 is 20.7 Å². The monoisotopic (exact) mass is 412 g/mol. The van der Waals surface area contributed by atoms with Gasteiger partial charge in [-0.3, -0.25) is 14.9 Å². The molecule has 1 atom stereocenters. The molecule has 1 amide bonds. The standard InChI is InChI=1S/C21H24N4O5/c1-14(30-21(27)15-5-10-18(22)19(13-15)25(28)29)20(26)23-16-6-8-17(9-7-16)24-11-3-2-4-12-24/h5-10,13-14H,2-4,11-12,22H2,1H3,(H,23,26)/t14-/m1/s1. The number of carbonyl (C=O) groups is 2. The number of rotatable bonds is 6. The molecule has 158 valence electrons. The highest BCUT2D eigenvalue weighted by atomic mass is 16.6. The summed E-state index contributed by atoms with van der Waals surface area (Å²) < 4.78 is 5.14. The van der Waals surface area contributed by atoms with Crippen LogP contribution >= 0.6 is 0 Å².